The predicted molar refractivity (Wildman–Crippen MR) is 155 cm³/mol. The Hall–Kier alpha value is -2.50. The molecule has 3 atom stereocenters. The molecule has 1 aromatic carbocycles. The van der Waals surface area contributed by atoms with Crippen LogP contribution in [0.1, 0.15) is 70.8 Å². The zero-order valence-corrected chi connectivity index (χ0v) is 24.9. The molecule has 1 fully saturated rings. The van der Waals surface area contributed by atoms with Crippen LogP contribution in [0.3, 0.4) is 0 Å². The van der Waals surface area contributed by atoms with E-state index in [1.54, 1.807) is 18.7 Å². The summed E-state index contributed by atoms with van der Waals surface area (Å²) < 4.78 is 24.2. The average Bonchev–Trinajstić information content (AvgIpc) is 3.17. The second kappa shape index (κ2) is 16.2. The number of hydrogen-bond acceptors (Lipinski definition) is 8. The van der Waals surface area contributed by atoms with Gasteiger partial charge in [-0.3, -0.25) is 14.2 Å². The van der Waals surface area contributed by atoms with Crippen LogP contribution in [0, 0.1) is 5.92 Å². The molecule has 3 rings (SSSR count). The molecule has 5 N–H and O–H groups in total. The van der Waals surface area contributed by atoms with Gasteiger partial charge < -0.3 is 40.1 Å². The maximum Gasteiger partial charge on any atom is 0.405 e. The summed E-state index contributed by atoms with van der Waals surface area (Å²) in [6, 6.07) is 5.33. The zero-order valence-electron chi connectivity index (χ0n) is 24.0. The Labute approximate surface area is 242 Å². The second-order valence-electron chi connectivity index (χ2n) is 10.5. The van der Waals surface area contributed by atoms with Crippen molar-refractivity contribution in [2.75, 3.05) is 31.2 Å². The summed E-state index contributed by atoms with van der Waals surface area (Å²) in [5.74, 6) is -2.46. The lowest BCUT2D eigenvalue weighted by Crippen LogP contribution is -2.53. The van der Waals surface area contributed by atoms with Gasteiger partial charge in [0.15, 0.2) is 5.85 Å². The van der Waals surface area contributed by atoms with Crippen LogP contribution in [0.4, 0.5) is 10.5 Å². The van der Waals surface area contributed by atoms with Crippen molar-refractivity contribution in [3.05, 3.63) is 29.8 Å². The topological polar surface area (TPSA) is 167 Å². The Morgan fingerprint density at radius 2 is 1.78 bits per heavy atom. The van der Waals surface area contributed by atoms with Crippen LogP contribution in [-0.4, -0.2) is 72.4 Å². The van der Waals surface area contributed by atoms with Crippen molar-refractivity contribution in [2.45, 2.75) is 89.7 Å². The van der Waals surface area contributed by atoms with Gasteiger partial charge in [0.25, 0.3) is 0 Å². The van der Waals surface area contributed by atoms with E-state index in [0.29, 0.717) is 26.1 Å². The third kappa shape index (κ3) is 9.51. The number of carboxylic acid groups (broad SMARTS) is 1. The van der Waals surface area contributed by atoms with Gasteiger partial charge >= 0.3 is 13.7 Å². The number of benzene rings is 1. The average molecular weight is 597 g/mol. The van der Waals surface area contributed by atoms with E-state index >= 15 is 0 Å². The first-order chi connectivity index (χ1) is 19.7. The summed E-state index contributed by atoms with van der Waals surface area (Å²) in [7, 11) is -4.10. The fourth-order valence-electron chi connectivity index (χ4n) is 5.62. The maximum absolute atomic E-state index is 13.5. The van der Waals surface area contributed by atoms with E-state index < -0.39 is 37.5 Å². The fourth-order valence-corrected chi connectivity index (χ4v) is 7.38. The molecule has 0 saturated heterocycles. The molecule has 0 bridgehead atoms. The van der Waals surface area contributed by atoms with Gasteiger partial charge in [0.2, 0.25) is 11.8 Å². The first-order valence-electron chi connectivity index (χ1n) is 14.6. The minimum absolute atomic E-state index is 0.00360. The lowest BCUT2D eigenvalue weighted by atomic mass is 9.84. The Kier molecular flexibility index (Phi) is 13.1. The Balaban J connectivity index is 1.81. The molecule has 0 aromatic heterocycles. The first-order valence-corrected chi connectivity index (χ1v) is 16.2. The molecule has 230 valence electrons. The highest BCUT2D eigenvalue weighted by Crippen LogP contribution is 2.53. The highest BCUT2D eigenvalue weighted by atomic mass is 31.2. The SMILES string of the molecule is CCOP(=O)(OCC)C(O)[C@H](CCC(=O)N1CCNCc2ccccc21)NC(=O)[C@H](CC1CCCCC1)NC(=O)O. The number of carbonyl (C=O) groups excluding carboxylic acids is 2. The molecule has 1 unspecified atom stereocenters. The monoisotopic (exact) mass is 596 g/mol. The van der Waals surface area contributed by atoms with Crippen LogP contribution >= 0.6 is 7.60 Å². The van der Waals surface area contributed by atoms with Gasteiger partial charge in [-0.15, -0.1) is 0 Å². The number of fused-ring (bicyclic) bond motifs is 1. The van der Waals surface area contributed by atoms with Gasteiger partial charge in [-0.25, -0.2) is 4.79 Å². The predicted octanol–water partition coefficient (Wildman–Crippen LogP) is 3.58. The van der Waals surface area contributed by atoms with Crippen LogP contribution in [0.5, 0.6) is 0 Å². The normalized spacial score (nSPS) is 18.5. The van der Waals surface area contributed by atoms with E-state index in [0.717, 1.165) is 43.4 Å². The number of rotatable bonds is 14. The molecule has 12 nitrogen and oxygen atoms in total. The highest BCUT2D eigenvalue weighted by Gasteiger charge is 2.42. The van der Waals surface area contributed by atoms with Crippen molar-refractivity contribution in [3.63, 3.8) is 0 Å². The lowest BCUT2D eigenvalue weighted by Gasteiger charge is -2.32. The van der Waals surface area contributed by atoms with Gasteiger partial charge in [-0.05, 0) is 44.2 Å². The number of aliphatic hydroxyl groups is 1. The van der Waals surface area contributed by atoms with E-state index in [-0.39, 0.29) is 37.9 Å². The van der Waals surface area contributed by atoms with Gasteiger partial charge in [0.05, 0.1) is 19.3 Å². The van der Waals surface area contributed by atoms with Crippen LogP contribution in [-0.2, 0) is 29.7 Å². The summed E-state index contributed by atoms with van der Waals surface area (Å²) in [4.78, 5) is 40.1. The summed E-state index contributed by atoms with van der Waals surface area (Å²) in [6.07, 6.45) is 3.81. The van der Waals surface area contributed by atoms with Gasteiger partial charge in [0.1, 0.15) is 6.04 Å². The molecule has 1 aliphatic carbocycles. The maximum atomic E-state index is 13.5. The molecule has 2 aliphatic rings. The standard InChI is InChI=1S/C28H45N4O8P/c1-3-39-41(38,40-4-2)27(35)22(30-26(34)23(31-28(36)37)18-20-10-6-5-7-11-20)14-15-25(33)32-17-16-29-19-21-12-8-9-13-24(21)32/h8-9,12-13,20,22-23,27,29,31,35H,3-7,10-11,14-19H2,1-2H3,(H,30,34)(H,36,37)/t22-,23-,27?/m0/s1. The van der Waals surface area contributed by atoms with E-state index in [2.05, 4.69) is 16.0 Å². The molecule has 41 heavy (non-hydrogen) atoms. The van der Waals surface area contributed by atoms with Crippen molar-refractivity contribution >= 4 is 31.2 Å². The third-order valence-corrected chi connectivity index (χ3v) is 9.86. The molecule has 0 spiro atoms. The number of amides is 3. The molecule has 1 heterocycles. The minimum Gasteiger partial charge on any atom is -0.465 e. The van der Waals surface area contributed by atoms with Gasteiger partial charge in [-0.1, -0.05) is 50.3 Å². The molecule has 1 aromatic rings. The number of anilines is 1. The van der Waals surface area contributed by atoms with Crippen LogP contribution < -0.4 is 20.9 Å². The summed E-state index contributed by atoms with van der Waals surface area (Å²) in [6.45, 7) is 4.87. The van der Waals surface area contributed by atoms with E-state index in [1.165, 1.54) is 0 Å². The molecular weight excluding hydrogens is 551 g/mol. The molecule has 0 radical (unpaired) electrons. The Morgan fingerprint density at radius 1 is 1.10 bits per heavy atom. The third-order valence-electron chi connectivity index (χ3n) is 7.62. The number of hydrogen-bond donors (Lipinski definition) is 5. The van der Waals surface area contributed by atoms with Crippen molar-refractivity contribution in [2.24, 2.45) is 5.92 Å². The van der Waals surface area contributed by atoms with E-state index in [1.807, 2.05) is 24.3 Å². The van der Waals surface area contributed by atoms with Gasteiger partial charge in [0, 0.05) is 31.7 Å². The van der Waals surface area contributed by atoms with Crippen molar-refractivity contribution in [1.29, 1.82) is 0 Å². The van der Waals surface area contributed by atoms with Crippen molar-refractivity contribution in [3.8, 4) is 0 Å². The van der Waals surface area contributed by atoms with Crippen molar-refractivity contribution < 1.29 is 38.2 Å². The van der Waals surface area contributed by atoms with Crippen LogP contribution in [0.25, 0.3) is 0 Å². The zero-order chi connectivity index (χ0) is 29.8. The lowest BCUT2D eigenvalue weighted by molar-refractivity contribution is -0.125. The van der Waals surface area contributed by atoms with Crippen LogP contribution in [0.2, 0.25) is 0 Å². The quantitative estimate of drug-likeness (QED) is 0.202. The summed E-state index contributed by atoms with van der Waals surface area (Å²) in [5.41, 5.74) is 1.77. The van der Waals surface area contributed by atoms with E-state index in [9.17, 15) is 29.2 Å². The number of para-hydroxylation sites is 1. The Bertz CT molecular complexity index is 1060. The first kappa shape index (κ1) is 33.0. The summed E-state index contributed by atoms with van der Waals surface area (Å²) >= 11 is 0. The summed E-state index contributed by atoms with van der Waals surface area (Å²) in [5, 5.41) is 29.0. The van der Waals surface area contributed by atoms with Crippen molar-refractivity contribution in [1.82, 2.24) is 16.0 Å². The second-order valence-corrected chi connectivity index (χ2v) is 12.7. The molecule has 1 aliphatic heterocycles. The Morgan fingerprint density at radius 3 is 2.44 bits per heavy atom. The van der Waals surface area contributed by atoms with E-state index in [4.69, 9.17) is 9.05 Å². The fraction of sp³-hybridized carbons (Fsp3) is 0.679. The molecule has 13 heteroatoms. The highest BCUT2D eigenvalue weighted by molar-refractivity contribution is 7.54. The number of aliphatic hydroxyl groups excluding tert-OH is 1. The largest absolute Gasteiger partial charge is 0.465 e. The van der Waals surface area contributed by atoms with Crippen LogP contribution in [0.15, 0.2) is 24.3 Å². The molecular formula is C28H45N4O8P. The smallest absolute Gasteiger partial charge is 0.405 e. The molecule has 1 saturated carbocycles. The minimum atomic E-state index is -4.10. The number of carbonyl (C=O) groups is 3. The number of nitrogens with one attached hydrogen (secondary N) is 3. The van der Waals surface area contributed by atoms with Gasteiger partial charge in [-0.2, -0.15) is 0 Å². The number of nitrogens with zero attached hydrogens (tertiary/aromatic N) is 1. The molecule has 3 amide bonds.